The molecule has 17 heavy (non-hydrogen) atoms. The van der Waals surface area contributed by atoms with Crippen LogP contribution in [0.2, 0.25) is 5.02 Å². The van der Waals surface area contributed by atoms with Gasteiger partial charge in [0.05, 0.1) is 22.7 Å². The zero-order valence-electron chi connectivity index (χ0n) is 9.87. The zero-order chi connectivity index (χ0) is 12.6. The summed E-state index contributed by atoms with van der Waals surface area (Å²) in [5, 5.41) is 7.94. The average molecular weight is 258 g/mol. The second-order valence-corrected chi connectivity index (χ2v) is 4.87. The van der Waals surface area contributed by atoms with Crippen molar-refractivity contribution >= 4 is 22.6 Å². The Morgan fingerprint density at radius 3 is 2.82 bits per heavy atom. The lowest BCUT2D eigenvalue weighted by atomic mass is 10.1. The Morgan fingerprint density at radius 1 is 1.47 bits per heavy atom. The van der Waals surface area contributed by atoms with Gasteiger partial charge in [-0.15, -0.1) is 5.10 Å². The van der Waals surface area contributed by atoms with Crippen LogP contribution < -0.4 is 0 Å². The van der Waals surface area contributed by atoms with Crippen LogP contribution in [0.3, 0.4) is 0 Å². The Kier molecular flexibility index (Phi) is 3.05. The molecule has 6 heteroatoms. The smallest absolute Gasteiger partial charge is 0.144 e. The molecular formula is C11H13ClFN3O. The molecule has 0 aliphatic carbocycles. The van der Waals surface area contributed by atoms with Gasteiger partial charge in [-0.25, -0.2) is 9.07 Å². The van der Waals surface area contributed by atoms with Gasteiger partial charge < -0.3 is 4.74 Å². The minimum absolute atomic E-state index is 0.0660. The Morgan fingerprint density at radius 2 is 2.18 bits per heavy atom. The van der Waals surface area contributed by atoms with Crippen molar-refractivity contribution in [3.8, 4) is 0 Å². The quantitative estimate of drug-likeness (QED) is 0.849. The first-order valence-electron chi connectivity index (χ1n) is 5.16. The number of nitrogens with zero attached hydrogens (tertiary/aromatic N) is 3. The van der Waals surface area contributed by atoms with Crippen molar-refractivity contribution in [2.45, 2.75) is 26.0 Å². The summed E-state index contributed by atoms with van der Waals surface area (Å²) in [7, 11) is 1.63. The summed E-state index contributed by atoms with van der Waals surface area (Å²) < 4.78 is 20.2. The fourth-order valence-electron chi connectivity index (χ4n) is 1.51. The molecule has 0 fully saturated rings. The van der Waals surface area contributed by atoms with Crippen molar-refractivity contribution in [1.82, 2.24) is 15.0 Å². The van der Waals surface area contributed by atoms with E-state index in [0.29, 0.717) is 17.6 Å². The van der Waals surface area contributed by atoms with Crippen LogP contribution in [0.15, 0.2) is 12.1 Å². The van der Waals surface area contributed by atoms with Crippen molar-refractivity contribution in [2.24, 2.45) is 0 Å². The van der Waals surface area contributed by atoms with E-state index < -0.39 is 5.82 Å². The van der Waals surface area contributed by atoms with E-state index in [1.807, 2.05) is 13.8 Å². The van der Waals surface area contributed by atoms with Gasteiger partial charge in [0.2, 0.25) is 0 Å². The number of methoxy groups -OCH3 is 1. The Labute approximate surface area is 103 Å². The molecule has 0 amide bonds. The van der Waals surface area contributed by atoms with E-state index >= 15 is 0 Å². The number of hydrogen-bond acceptors (Lipinski definition) is 3. The molecule has 92 valence electrons. The molecule has 0 aliphatic heterocycles. The maximum absolute atomic E-state index is 13.2. The molecular weight excluding hydrogens is 245 g/mol. The largest absolute Gasteiger partial charge is 0.377 e. The number of rotatable bonds is 3. The van der Waals surface area contributed by atoms with Crippen LogP contribution >= 0.6 is 11.6 Å². The zero-order valence-corrected chi connectivity index (χ0v) is 10.6. The summed E-state index contributed by atoms with van der Waals surface area (Å²) in [6.07, 6.45) is 0. The van der Waals surface area contributed by atoms with Crippen LogP contribution in [0.1, 0.15) is 13.8 Å². The Hall–Kier alpha value is -1.20. The van der Waals surface area contributed by atoms with Crippen molar-refractivity contribution in [2.75, 3.05) is 7.11 Å². The van der Waals surface area contributed by atoms with Crippen LogP contribution in [0.4, 0.5) is 4.39 Å². The SMILES string of the molecule is COC(C)(C)Cn1nnc2cc(F)c(Cl)cc21. The molecule has 0 N–H and O–H groups in total. The van der Waals surface area contributed by atoms with Gasteiger partial charge in [-0.1, -0.05) is 16.8 Å². The van der Waals surface area contributed by atoms with Gasteiger partial charge >= 0.3 is 0 Å². The standard InChI is InChI=1S/C11H13ClFN3O/c1-11(2,17-3)6-16-10-4-7(12)8(13)5-9(10)14-15-16/h4-5H,6H2,1-3H3. The topological polar surface area (TPSA) is 39.9 Å². The summed E-state index contributed by atoms with van der Waals surface area (Å²) in [6.45, 7) is 4.39. The van der Waals surface area contributed by atoms with Gasteiger partial charge in [-0.3, -0.25) is 0 Å². The number of benzene rings is 1. The second kappa shape index (κ2) is 4.23. The van der Waals surface area contributed by atoms with E-state index in [1.165, 1.54) is 12.1 Å². The molecule has 0 aliphatic rings. The third-order valence-corrected chi connectivity index (χ3v) is 2.93. The molecule has 0 bridgehead atoms. The lowest BCUT2D eigenvalue weighted by Crippen LogP contribution is -2.29. The number of halogens is 2. The first-order chi connectivity index (χ1) is 7.93. The van der Waals surface area contributed by atoms with E-state index in [2.05, 4.69) is 10.3 Å². The van der Waals surface area contributed by atoms with Crippen LogP contribution in [0, 0.1) is 5.82 Å². The Bertz CT molecular complexity index is 553. The van der Waals surface area contributed by atoms with Gasteiger partial charge in [0, 0.05) is 13.2 Å². The lowest BCUT2D eigenvalue weighted by Gasteiger charge is -2.22. The highest BCUT2D eigenvalue weighted by atomic mass is 35.5. The molecule has 0 saturated carbocycles. The molecule has 1 aromatic carbocycles. The minimum Gasteiger partial charge on any atom is -0.377 e. The van der Waals surface area contributed by atoms with Gasteiger partial charge in [0.15, 0.2) is 0 Å². The van der Waals surface area contributed by atoms with E-state index in [0.717, 1.165) is 0 Å². The van der Waals surface area contributed by atoms with Crippen molar-refractivity contribution in [3.63, 3.8) is 0 Å². The molecule has 1 aromatic heterocycles. The summed E-state index contributed by atoms with van der Waals surface area (Å²) in [5.41, 5.74) is 0.807. The van der Waals surface area contributed by atoms with E-state index in [4.69, 9.17) is 16.3 Å². The molecule has 0 spiro atoms. The number of hydrogen-bond donors (Lipinski definition) is 0. The summed E-state index contributed by atoms with van der Waals surface area (Å²) in [5.74, 6) is -0.489. The fraction of sp³-hybridized carbons (Fsp3) is 0.455. The van der Waals surface area contributed by atoms with Crippen molar-refractivity contribution < 1.29 is 9.13 Å². The van der Waals surface area contributed by atoms with Gasteiger partial charge in [-0.2, -0.15) is 0 Å². The maximum Gasteiger partial charge on any atom is 0.144 e. The molecule has 2 rings (SSSR count). The fourth-order valence-corrected chi connectivity index (χ4v) is 1.66. The van der Waals surface area contributed by atoms with Crippen LogP contribution in [-0.2, 0) is 11.3 Å². The van der Waals surface area contributed by atoms with Crippen molar-refractivity contribution in [3.05, 3.63) is 23.0 Å². The van der Waals surface area contributed by atoms with Gasteiger partial charge in [0.25, 0.3) is 0 Å². The lowest BCUT2D eigenvalue weighted by molar-refractivity contribution is 0.00601. The van der Waals surface area contributed by atoms with E-state index in [-0.39, 0.29) is 10.6 Å². The highest BCUT2D eigenvalue weighted by Gasteiger charge is 2.20. The third-order valence-electron chi connectivity index (χ3n) is 2.64. The van der Waals surface area contributed by atoms with E-state index in [1.54, 1.807) is 11.8 Å². The third kappa shape index (κ3) is 2.40. The highest BCUT2D eigenvalue weighted by molar-refractivity contribution is 6.31. The molecule has 0 atom stereocenters. The van der Waals surface area contributed by atoms with Crippen LogP contribution in [0.25, 0.3) is 11.0 Å². The molecule has 2 aromatic rings. The molecule has 4 nitrogen and oxygen atoms in total. The van der Waals surface area contributed by atoms with Crippen molar-refractivity contribution in [1.29, 1.82) is 0 Å². The molecule has 0 saturated heterocycles. The number of fused-ring (bicyclic) bond motifs is 1. The Balaban J connectivity index is 2.46. The number of ether oxygens (including phenoxy) is 1. The minimum atomic E-state index is -0.489. The predicted molar refractivity (Wildman–Crippen MR) is 63.6 cm³/mol. The monoisotopic (exact) mass is 257 g/mol. The first-order valence-corrected chi connectivity index (χ1v) is 5.54. The van der Waals surface area contributed by atoms with Crippen LogP contribution in [-0.4, -0.2) is 27.7 Å². The molecule has 0 unspecified atom stereocenters. The number of aromatic nitrogens is 3. The predicted octanol–water partition coefficient (Wildman–Crippen LogP) is 2.65. The van der Waals surface area contributed by atoms with Crippen LogP contribution in [0.5, 0.6) is 0 Å². The molecule has 0 radical (unpaired) electrons. The highest BCUT2D eigenvalue weighted by Crippen LogP contribution is 2.22. The second-order valence-electron chi connectivity index (χ2n) is 4.47. The summed E-state index contributed by atoms with van der Waals surface area (Å²) in [6, 6.07) is 2.80. The normalized spacial score (nSPS) is 12.3. The average Bonchev–Trinajstić information content (AvgIpc) is 2.62. The summed E-state index contributed by atoms with van der Waals surface area (Å²) >= 11 is 5.75. The maximum atomic E-state index is 13.2. The van der Waals surface area contributed by atoms with Gasteiger partial charge in [-0.05, 0) is 19.9 Å². The first kappa shape index (κ1) is 12.3. The van der Waals surface area contributed by atoms with Gasteiger partial charge in [0.1, 0.15) is 11.3 Å². The summed E-state index contributed by atoms with van der Waals surface area (Å²) in [4.78, 5) is 0. The van der Waals surface area contributed by atoms with E-state index in [9.17, 15) is 4.39 Å². The molecule has 1 heterocycles.